The van der Waals surface area contributed by atoms with Crippen molar-refractivity contribution in [3.8, 4) is 5.69 Å². The van der Waals surface area contributed by atoms with Gasteiger partial charge in [0.15, 0.2) is 0 Å². The van der Waals surface area contributed by atoms with Crippen LogP contribution in [0.15, 0.2) is 83.8 Å². The van der Waals surface area contributed by atoms with Crippen LogP contribution in [-0.4, -0.2) is 35.8 Å². The number of fused-ring (bicyclic) bond motifs is 1. The Bertz CT molecular complexity index is 1400. The van der Waals surface area contributed by atoms with E-state index in [4.69, 9.17) is 10.1 Å². The minimum Gasteiger partial charge on any atom is -0.339 e. The van der Waals surface area contributed by atoms with Crippen LogP contribution in [0.4, 0.5) is 0 Å². The van der Waals surface area contributed by atoms with Crippen LogP contribution in [-0.2, 0) is 21.2 Å². The van der Waals surface area contributed by atoms with E-state index < -0.39 is 10.0 Å². The third-order valence-corrected chi connectivity index (χ3v) is 6.76. The zero-order valence-electron chi connectivity index (χ0n) is 18.5. The first-order valence-electron chi connectivity index (χ1n) is 10.7. The minimum atomic E-state index is -3.81. The molecule has 0 spiro atoms. The summed E-state index contributed by atoms with van der Waals surface area (Å²) < 4.78 is 25.4. The van der Waals surface area contributed by atoms with E-state index in [0.717, 1.165) is 22.5 Å². The van der Waals surface area contributed by atoms with Crippen LogP contribution >= 0.6 is 0 Å². The number of sulfonamides is 1. The van der Waals surface area contributed by atoms with E-state index in [0.29, 0.717) is 12.0 Å². The number of imidazole rings is 1. The van der Waals surface area contributed by atoms with Gasteiger partial charge in [0.05, 0.1) is 22.0 Å². The highest BCUT2D eigenvalue weighted by Gasteiger charge is 2.20. The van der Waals surface area contributed by atoms with Crippen LogP contribution in [0.5, 0.6) is 0 Å². The highest BCUT2D eigenvalue weighted by Crippen LogP contribution is 2.24. The van der Waals surface area contributed by atoms with Crippen molar-refractivity contribution in [1.82, 2.24) is 14.5 Å². The van der Waals surface area contributed by atoms with Gasteiger partial charge in [-0.25, -0.2) is 18.5 Å². The number of rotatable bonds is 7. The Labute approximate surface area is 193 Å². The van der Waals surface area contributed by atoms with Crippen molar-refractivity contribution in [3.05, 3.63) is 90.3 Å². The molecule has 0 aliphatic heterocycles. The standard InChI is InChI=1S/C25H26N4O3S/c1-18(19-9-8-12-21(17-19)33(26,31)32)28(2)25(30)16-15-24-27-22-13-6-7-14-23(22)29(24)20-10-4-3-5-11-20/h3-14,17-18H,15-16H2,1-2H3,(H2,26,31,32). The van der Waals surface area contributed by atoms with Crippen molar-refractivity contribution < 1.29 is 13.2 Å². The number of aryl methyl sites for hydroxylation is 1. The summed E-state index contributed by atoms with van der Waals surface area (Å²) in [5, 5.41) is 5.25. The van der Waals surface area contributed by atoms with Crippen molar-refractivity contribution in [3.63, 3.8) is 0 Å². The summed E-state index contributed by atoms with van der Waals surface area (Å²) in [6, 6.07) is 23.9. The van der Waals surface area contributed by atoms with E-state index >= 15 is 0 Å². The Morgan fingerprint density at radius 3 is 2.45 bits per heavy atom. The van der Waals surface area contributed by atoms with Crippen LogP contribution in [0, 0.1) is 0 Å². The van der Waals surface area contributed by atoms with Crippen LogP contribution in [0.1, 0.15) is 30.8 Å². The number of hydrogen-bond donors (Lipinski definition) is 1. The third kappa shape index (κ3) is 4.81. The summed E-state index contributed by atoms with van der Waals surface area (Å²) in [6.45, 7) is 1.86. The molecule has 8 heteroatoms. The quantitative estimate of drug-likeness (QED) is 0.451. The van der Waals surface area contributed by atoms with Gasteiger partial charge in [-0.1, -0.05) is 42.5 Å². The fourth-order valence-corrected chi connectivity index (χ4v) is 4.46. The number of carbonyl (C=O) groups is 1. The molecule has 1 amide bonds. The van der Waals surface area contributed by atoms with Crippen molar-refractivity contribution in [1.29, 1.82) is 0 Å². The average Bonchev–Trinajstić information content (AvgIpc) is 3.20. The van der Waals surface area contributed by atoms with Crippen LogP contribution in [0.2, 0.25) is 0 Å². The van der Waals surface area contributed by atoms with Gasteiger partial charge in [-0.2, -0.15) is 0 Å². The zero-order valence-corrected chi connectivity index (χ0v) is 19.4. The molecule has 2 N–H and O–H groups in total. The largest absolute Gasteiger partial charge is 0.339 e. The summed E-state index contributed by atoms with van der Waals surface area (Å²) in [6.07, 6.45) is 0.739. The van der Waals surface area contributed by atoms with E-state index in [1.54, 1.807) is 24.1 Å². The van der Waals surface area contributed by atoms with Crippen molar-refractivity contribution in [2.45, 2.75) is 30.7 Å². The fraction of sp³-hybridized carbons (Fsp3) is 0.200. The molecule has 3 aromatic carbocycles. The van der Waals surface area contributed by atoms with Crippen molar-refractivity contribution in [2.24, 2.45) is 5.14 Å². The molecule has 0 fully saturated rings. The first-order chi connectivity index (χ1) is 15.8. The number of hydrogen-bond acceptors (Lipinski definition) is 4. The molecule has 0 bridgehead atoms. The number of para-hydroxylation sites is 3. The second kappa shape index (κ2) is 9.17. The molecule has 1 unspecified atom stereocenters. The number of carbonyl (C=O) groups excluding carboxylic acids is 1. The maximum Gasteiger partial charge on any atom is 0.238 e. The van der Waals surface area contributed by atoms with Crippen molar-refractivity contribution in [2.75, 3.05) is 7.05 Å². The molecule has 0 radical (unpaired) electrons. The van der Waals surface area contributed by atoms with Gasteiger partial charge < -0.3 is 4.90 Å². The Morgan fingerprint density at radius 2 is 1.73 bits per heavy atom. The summed E-state index contributed by atoms with van der Waals surface area (Å²) >= 11 is 0. The highest BCUT2D eigenvalue weighted by molar-refractivity contribution is 7.89. The van der Waals surface area contributed by atoms with Crippen molar-refractivity contribution >= 4 is 27.0 Å². The van der Waals surface area contributed by atoms with Crippen LogP contribution < -0.4 is 5.14 Å². The summed E-state index contributed by atoms with van der Waals surface area (Å²) in [5.74, 6) is 0.753. The molecule has 1 aromatic heterocycles. The minimum absolute atomic E-state index is 0.0317. The summed E-state index contributed by atoms with van der Waals surface area (Å²) in [7, 11) is -2.09. The first kappa shape index (κ1) is 22.7. The molecular weight excluding hydrogens is 436 g/mol. The molecule has 0 aliphatic rings. The predicted octanol–water partition coefficient (Wildman–Crippen LogP) is 3.83. The topological polar surface area (TPSA) is 98.3 Å². The molecule has 1 atom stereocenters. The molecule has 33 heavy (non-hydrogen) atoms. The second-order valence-corrected chi connectivity index (χ2v) is 9.55. The van der Waals surface area contributed by atoms with E-state index in [1.165, 1.54) is 12.1 Å². The molecule has 1 heterocycles. The molecule has 0 saturated heterocycles. The van der Waals surface area contributed by atoms with Gasteiger partial charge in [0.1, 0.15) is 5.82 Å². The van der Waals surface area contributed by atoms with Crippen LogP contribution in [0.25, 0.3) is 16.7 Å². The number of nitrogens with two attached hydrogens (primary N) is 1. The first-order valence-corrected chi connectivity index (χ1v) is 12.2. The van der Waals surface area contributed by atoms with Gasteiger partial charge in [-0.3, -0.25) is 9.36 Å². The van der Waals surface area contributed by atoms with E-state index in [9.17, 15) is 13.2 Å². The maximum absolute atomic E-state index is 13.0. The third-order valence-electron chi connectivity index (χ3n) is 5.85. The smallest absolute Gasteiger partial charge is 0.238 e. The SMILES string of the molecule is CC(c1cccc(S(N)(=O)=O)c1)N(C)C(=O)CCc1nc2ccccc2n1-c1ccccc1. The molecule has 0 saturated carbocycles. The summed E-state index contributed by atoms with van der Waals surface area (Å²) in [5.41, 5.74) is 3.57. The van der Waals surface area contributed by atoms with Gasteiger partial charge in [0.25, 0.3) is 0 Å². The zero-order chi connectivity index (χ0) is 23.6. The van der Waals surface area contributed by atoms with Gasteiger partial charge in [0.2, 0.25) is 15.9 Å². The Morgan fingerprint density at radius 1 is 1.03 bits per heavy atom. The lowest BCUT2D eigenvalue weighted by atomic mass is 10.1. The Kier molecular flexibility index (Phi) is 6.31. The Hall–Kier alpha value is -3.49. The predicted molar refractivity (Wildman–Crippen MR) is 128 cm³/mol. The number of amides is 1. The lowest BCUT2D eigenvalue weighted by molar-refractivity contribution is -0.131. The second-order valence-electron chi connectivity index (χ2n) is 7.99. The molecule has 0 aliphatic carbocycles. The monoisotopic (exact) mass is 462 g/mol. The van der Waals surface area contributed by atoms with Gasteiger partial charge in [-0.15, -0.1) is 0 Å². The lowest BCUT2D eigenvalue weighted by Gasteiger charge is -2.25. The van der Waals surface area contributed by atoms with Crippen LogP contribution in [0.3, 0.4) is 0 Å². The van der Waals surface area contributed by atoms with E-state index in [2.05, 4.69) is 4.57 Å². The fourth-order valence-electron chi connectivity index (χ4n) is 3.89. The molecule has 7 nitrogen and oxygen atoms in total. The average molecular weight is 463 g/mol. The summed E-state index contributed by atoms with van der Waals surface area (Å²) in [4.78, 5) is 19.5. The number of primary sulfonamides is 1. The molecular formula is C25H26N4O3S. The molecule has 170 valence electrons. The normalized spacial score (nSPS) is 12.6. The van der Waals surface area contributed by atoms with Gasteiger partial charge in [-0.05, 0) is 48.9 Å². The highest BCUT2D eigenvalue weighted by atomic mass is 32.2. The molecule has 4 rings (SSSR count). The maximum atomic E-state index is 13.0. The lowest BCUT2D eigenvalue weighted by Crippen LogP contribution is -2.30. The number of aromatic nitrogens is 2. The molecule has 4 aromatic rings. The Balaban J connectivity index is 1.55. The number of benzene rings is 3. The number of nitrogens with zero attached hydrogens (tertiary/aromatic N) is 3. The van der Waals surface area contributed by atoms with E-state index in [1.807, 2.05) is 61.5 Å². The van der Waals surface area contributed by atoms with Gasteiger partial charge in [0, 0.05) is 25.6 Å². The van der Waals surface area contributed by atoms with E-state index in [-0.39, 0.29) is 23.3 Å². The van der Waals surface area contributed by atoms with Gasteiger partial charge >= 0.3 is 0 Å².